The smallest absolute Gasteiger partial charge is 0.409 e. The second-order valence-corrected chi connectivity index (χ2v) is 6.17. The molecule has 9 nitrogen and oxygen atoms in total. The minimum Gasteiger partial charge on any atom is -0.465 e. The summed E-state index contributed by atoms with van der Waals surface area (Å²) in [6.07, 6.45) is -1.08. The maximum absolute atomic E-state index is 12.6. The van der Waals surface area contributed by atoms with Crippen molar-refractivity contribution in [3.05, 3.63) is 18.0 Å². The molecule has 0 saturated carbocycles. The number of rotatable bonds is 2. The highest BCUT2D eigenvalue weighted by molar-refractivity contribution is 6.02. The van der Waals surface area contributed by atoms with E-state index in [2.05, 4.69) is 15.6 Å². The predicted octanol–water partition coefficient (Wildman–Crippen LogP) is 1.50. The van der Waals surface area contributed by atoms with Crippen molar-refractivity contribution in [2.45, 2.75) is 38.8 Å². The van der Waals surface area contributed by atoms with Crippen molar-refractivity contribution in [1.82, 2.24) is 10.3 Å². The largest absolute Gasteiger partial charge is 0.465 e. The van der Waals surface area contributed by atoms with E-state index in [0.717, 1.165) is 0 Å². The lowest BCUT2D eigenvalue weighted by atomic mass is 9.95. The monoisotopic (exact) mass is 322 g/mol. The molecule has 23 heavy (non-hydrogen) atoms. The molecular formula is C14H18N4O5. The maximum Gasteiger partial charge on any atom is 0.409 e. The molecule has 0 radical (unpaired) electrons. The van der Waals surface area contributed by atoms with Crippen molar-refractivity contribution in [3.63, 3.8) is 0 Å². The van der Waals surface area contributed by atoms with Crippen molar-refractivity contribution in [3.8, 4) is 0 Å². The van der Waals surface area contributed by atoms with Crippen LogP contribution in [0.5, 0.6) is 0 Å². The molecule has 0 aliphatic carbocycles. The molecule has 0 saturated heterocycles. The highest BCUT2D eigenvalue weighted by Gasteiger charge is 2.40. The molecule has 1 aliphatic rings. The quantitative estimate of drug-likeness (QED) is 0.652. The Kier molecular flexibility index (Phi) is 4.13. The van der Waals surface area contributed by atoms with Gasteiger partial charge in [-0.25, -0.2) is 9.59 Å². The van der Waals surface area contributed by atoms with Gasteiger partial charge in [-0.15, -0.1) is 0 Å². The fourth-order valence-corrected chi connectivity index (χ4v) is 2.53. The summed E-state index contributed by atoms with van der Waals surface area (Å²) in [6.45, 7) is 5.40. The Morgan fingerprint density at radius 3 is 2.48 bits per heavy atom. The van der Waals surface area contributed by atoms with Gasteiger partial charge in [-0.3, -0.25) is 15.1 Å². The maximum atomic E-state index is 12.6. The molecule has 1 unspecified atom stereocenters. The van der Waals surface area contributed by atoms with Crippen molar-refractivity contribution in [1.29, 1.82) is 0 Å². The van der Waals surface area contributed by atoms with Crippen LogP contribution in [0.1, 0.15) is 26.5 Å². The number of carbonyl (C=O) groups excluding carboxylic acids is 1. The standard InChI is InChI=1S/C14H18N4O5/c1-14(2,3)18-10-4-7(16-12(20)21)6-15-8(10)5-9(11(18)19)17-13(22)23/h4,6,9,16-17H,5H2,1-3H3,(H,20,21)(H,22,23). The number of nitrogens with one attached hydrogen (secondary N) is 2. The molecule has 0 spiro atoms. The zero-order valence-corrected chi connectivity index (χ0v) is 13.0. The highest BCUT2D eigenvalue weighted by atomic mass is 16.4. The molecule has 1 aliphatic heterocycles. The lowest BCUT2D eigenvalue weighted by molar-refractivity contribution is -0.121. The molecule has 0 aromatic carbocycles. The first-order chi connectivity index (χ1) is 10.6. The first-order valence-corrected chi connectivity index (χ1v) is 6.92. The topological polar surface area (TPSA) is 132 Å². The molecule has 0 fully saturated rings. The van der Waals surface area contributed by atoms with Crippen LogP contribution in [-0.4, -0.2) is 44.9 Å². The van der Waals surface area contributed by atoms with Gasteiger partial charge in [0.15, 0.2) is 0 Å². The number of anilines is 2. The molecule has 1 atom stereocenters. The Hall–Kier alpha value is -2.84. The Bertz CT molecular complexity index is 668. The number of hydrogen-bond acceptors (Lipinski definition) is 4. The second-order valence-electron chi connectivity index (χ2n) is 6.17. The van der Waals surface area contributed by atoms with Crippen LogP contribution in [0.4, 0.5) is 21.0 Å². The van der Waals surface area contributed by atoms with Crippen LogP contribution < -0.4 is 15.5 Å². The van der Waals surface area contributed by atoms with Crippen molar-refractivity contribution in [2.75, 3.05) is 10.2 Å². The van der Waals surface area contributed by atoms with E-state index in [1.807, 2.05) is 0 Å². The number of hydrogen-bond donors (Lipinski definition) is 4. The summed E-state index contributed by atoms with van der Waals surface area (Å²) >= 11 is 0. The molecule has 1 aromatic rings. The van der Waals surface area contributed by atoms with Crippen molar-refractivity contribution < 1.29 is 24.6 Å². The summed E-state index contributed by atoms with van der Waals surface area (Å²) in [5, 5.41) is 22.1. The molecule has 2 heterocycles. The third kappa shape index (κ3) is 3.50. The van der Waals surface area contributed by atoms with Gasteiger partial charge in [0.25, 0.3) is 5.91 Å². The summed E-state index contributed by atoms with van der Waals surface area (Å²) < 4.78 is 0. The Labute approximate surface area is 132 Å². The third-order valence-corrected chi connectivity index (χ3v) is 3.32. The van der Waals surface area contributed by atoms with Crippen LogP contribution in [-0.2, 0) is 11.2 Å². The summed E-state index contributed by atoms with van der Waals surface area (Å²) in [4.78, 5) is 39.9. The average Bonchev–Trinajstić information content (AvgIpc) is 2.37. The zero-order valence-electron chi connectivity index (χ0n) is 13.0. The first-order valence-electron chi connectivity index (χ1n) is 6.92. The van der Waals surface area contributed by atoms with Gasteiger partial charge >= 0.3 is 12.2 Å². The fraction of sp³-hybridized carbons (Fsp3) is 0.429. The first kappa shape index (κ1) is 16.5. The van der Waals surface area contributed by atoms with Crippen molar-refractivity contribution >= 4 is 29.5 Å². The molecule has 9 heteroatoms. The van der Waals surface area contributed by atoms with Crippen LogP contribution in [0.25, 0.3) is 0 Å². The van der Waals surface area contributed by atoms with Crippen LogP contribution in [0.3, 0.4) is 0 Å². The Morgan fingerprint density at radius 2 is 1.96 bits per heavy atom. The summed E-state index contributed by atoms with van der Waals surface area (Å²) in [5.74, 6) is -0.401. The van der Waals surface area contributed by atoms with E-state index in [9.17, 15) is 14.4 Å². The molecule has 2 rings (SSSR count). The minimum atomic E-state index is -1.29. The average molecular weight is 322 g/mol. The van der Waals surface area contributed by atoms with E-state index in [-0.39, 0.29) is 12.1 Å². The van der Waals surface area contributed by atoms with Gasteiger partial charge in [-0.05, 0) is 26.8 Å². The van der Waals surface area contributed by atoms with Crippen molar-refractivity contribution in [2.24, 2.45) is 0 Å². The minimum absolute atomic E-state index is 0.112. The second kappa shape index (κ2) is 5.75. The highest BCUT2D eigenvalue weighted by Crippen LogP contribution is 2.34. The van der Waals surface area contributed by atoms with Gasteiger partial charge in [0.05, 0.1) is 23.3 Å². The SMILES string of the molecule is CC(C)(C)N1C(=O)C(NC(=O)O)Cc2ncc(NC(=O)O)cc21. The van der Waals surface area contributed by atoms with Gasteiger partial charge in [0.2, 0.25) is 0 Å². The Morgan fingerprint density at radius 1 is 1.30 bits per heavy atom. The number of aromatic nitrogens is 1. The number of nitrogens with zero attached hydrogens (tertiary/aromatic N) is 2. The molecule has 0 bridgehead atoms. The molecular weight excluding hydrogens is 304 g/mol. The molecule has 4 N–H and O–H groups in total. The van der Waals surface area contributed by atoms with E-state index in [4.69, 9.17) is 10.2 Å². The van der Waals surface area contributed by atoms with Gasteiger partial charge < -0.3 is 20.4 Å². The molecule has 3 amide bonds. The predicted molar refractivity (Wildman–Crippen MR) is 81.8 cm³/mol. The van der Waals surface area contributed by atoms with Crippen LogP contribution in [0.15, 0.2) is 12.3 Å². The van der Waals surface area contributed by atoms with Gasteiger partial charge in [-0.2, -0.15) is 0 Å². The summed E-state index contributed by atoms with van der Waals surface area (Å²) in [5.41, 5.74) is 0.600. The zero-order chi connectivity index (χ0) is 17.4. The normalized spacial score (nSPS) is 17.4. The molecule has 124 valence electrons. The number of amides is 3. The number of fused-ring (bicyclic) bond motifs is 1. The fourth-order valence-electron chi connectivity index (χ4n) is 2.53. The van der Waals surface area contributed by atoms with Gasteiger partial charge in [0.1, 0.15) is 6.04 Å². The summed E-state index contributed by atoms with van der Waals surface area (Å²) in [6, 6.07) is 0.598. The van der Waals surface area contributed by atoms with Gasteiger partial charge in [0, 0.05) is 12.0 Å². The number of carboxylic acid groups (broad SMARTS) is 2. The molecule has 1 aromatic heterocycles. The lowest BCUT2D eigenvalue weighted by Crippen LogP contribution is -2.58. The summed E-state index contributed by atoms with van der Waals surface area (Å²) in [7, 11) is 0. The van der Waals surface area contributed by atoms with E-state index >= 15 is 0 Å². The van der Waals surface area contributed by atoms with Crippen LogP contribution in [0.2, 0.25) is 0 Å². The van der Waals surface area contributed by atoms with E-state index in [1.165, 1.54) is 17.2 Å². The number of carbonyl (C=O) groups is 3. The van der Waals surface area contributed by atoms with Crippen LogP contribution >= 0.6 is 0 Å². The number of pyridine rings is 1. The third-order valence-electron chi connectivity index (χ3n) is 3.32. The van der Waals surface area contributed by atoms with E-state index in [0.29, 0.717) is 11.4 Å². The van der Waals surface area contributed by atoms with Gasteiger partial charge in [-0.1, -0.05) is 0 Å². The van der Waals surface area contributed by atoms with E-state index < -0.39 is 29.7 Å². The van der Waals surface area contributed by atoms with E-state index in [1.54, 1.807) is 20.8 Å². The Balaban J connectivity index is 2.49. The lowest BCUT2D eigenvalue weighted by Gasteiger charge is -2.41. The van der Waals surface area contributed by atoms with Crippen LogP contribution in [0, 0.1) is 0 Å².